The van der Waals surface area contributed by atoms with Crippen LogP contribution >= 0.6 is 0 Å². The van der Waals surface area contributed by atoms with Gasteiger partial charge in [-0.05, 0) is 47.3 Å². The lowest BCUT2D eigenvalue weighted by Gasteiger charge is -2.45. The maximum absolute atomic E-state index is 11.7. The van der Waals surface area contributed by atoms with Crippen LogP contribution in [0, 0.1) is 23.2 Å². The molecule has 1 aliphatic carbocycles. The van der Waals surface area contributed by atoms with Crippen molar-refractivity contribution in [3.8, 4) is 0 Å². The molecule has 1 unspecified atom stereocenters. The number of pyridine rings is 1. The second-order valence-electron chi connectivity index (χ2n) is 9.17. The Morgan fingerprint density at radius 2 is 1.84 bits per heavy atom. The second-order valence-corrected chi connectivity index (χ2v) is 9.17. The molecule has 0 bridgehead atoms. The maximum atomic E-state index is 11.7. The molecule has 1 amide bonds. The smallest absolute Gasteiger partial charge is 0.292 e. The van der Waals surface area contributed by atoms with Crippen LogP contribution in [0.1, 0.15) is 53.0 Å². The van der Waals surface area contributed by atoms with Crippen LogP contribution in [0.15, 0.2) is 35.5 Å². The third-order valence-electron chi connectivity index (χ3n) is 7.00. The zero-order valence-corrected chi connectivity index (χ0v) is 19.3. The van der Waals surface area contributed by atoms with Crippen LogP contribution in [0.5, 0.6) is 0 Å². The molecule has 0 radical (unpaired) electrons. The van der Waals surface area contributed by atoms with Crippen molar-refractivity contribution >= 4 is 17.3 Å². The molecule has 3 atom stereocenters. The SMILES string of the molecule is CC1CC[C@H](C)C(C)(C)[C@@H]1C.Nc1cnn(CC(=O)NCc2ccncc2)c(=O)c1N. The maximum Gasteiger partial charge on any atom is 0.292 e. The summed E-state index contributed by atoms with van der Waals surface area (Å²) in [6.07, 6.45) is 7.37. The van der Waals surface area contributed by atoms with Crippen molar-refractivity contribution in [2.24, 2.45) is 23.2 Å². The van der Waals surface area contributed by atoms with Gasteiger partial charge in [-0.15, -0.1) is 0 Å². The highest BCUT2D eigenvalue weighted by molar-refractivity contribution is 5.75. The highest BCUT2D eigenvalue weighted by Gasteiger charge is 2.38. The van der Waals surface area contributed by atoms with E-state index in [0.29, 0.717) is 12.0 Å². The molecule has 0 aromatic carbocycles. The predicted octanol–water partition coefficient (Wildman–Crippen LogP) is 2.83. The number of amides is 1. The Morgan fingerprint density at radius 1 is 1.19 bits per heavy atom. The Kier molecular flexibility index (Phi) is 8.19. The molecule has 1 aliphatic rings. The molecule has 3 rings (SSSR count). The fraction of sp³-hybridized carbons (Fsp3) is 0.565. The Morgan fingerprint density at radius 3 is 2.45 bits per heavy atom. The Bertz CT molecular complexity index is 925. The first kappa shape index (κ1) is 24.4. The summed E-state index contributed by atoms with van der Waals surface area (Å²) in [5.74, 6) is 2.39. The lowest BCUT2D eigenvalue weighted by atomic mass is 9.60. The quantitative estimate of drug-likeness (QED) is 0.687. The van der Waals surface area contributed by atoms with E-state index in [1.165, 1.54) is 19.0 Å². The lowest BCUT2D eigenvalue weighted by molar-refractivity contribution is -0.122. The van der Waals surface area contributed by atoms with E-state index in [9.17, 15) is 9.59 Å². The number of anilines is 2. The van der Waals surface area contributed by atoms with Gasteiger partial charge in [-0.1, -0.05) is 41.0 Å². The summed E-state index contributed by atoms with van der Waals surface area (Å²) in [6, 6.07) is 3.57. The van der Waals surface area contributed by atoms with E-state index in [2.05, 4.69) is 50.0 Å². The van der Waals surface area contributed by atoms with Crippen molar-refractivity contribution in [3.63, 3.8) is 0 Å². The predicted molar refractivity (Wildman–Crippen MR) is 124 cm³/mol. The number of nitrogens with two attached hydrogens (primary N) is 2. The molecule has 2 heterocycles. The van der Waals surface area contributed by atoms with Gasteiger partial charge in [0.15, 0.2) is 0 Å². The third-order valence-corrected chi connectivity index (χ3v) is 7.00. The Hall–Kier alpha value is -2.90. The molecule has 2 aromatic rings. The summed E-state index contributed by atoms with van der Waals surface area (Å²) in [5, 5.41) is 6.43. The molecule has 1 saturated carbocycles. The van der Waals surface area contributed by atoms with Gasteiger partial charge in [-0.3, -0.25) is 14.6 Å². The summed E-state index contributed by atoms with van der Waals surface area (Å²) in [7, 11) is 0. The van der Waals surface area contributed by atoms with E-state index in [1.807, 2.05) is 0 Å². The van der Waals surface area contributed by atoms with Crippen molar-refractivity contribution < 1.29 is 4.79 Å². The van der Waals surface area contributed by atoms with Gasteiger partial charge < -0.3 is 16.8 Å². The van der Waals surface area contributed by atoms with Gasteiger partial charge in [-0.2, -0.15) is 5.10 Å². The Labute approximate surface area is 184 Å². The van der Waals surface area contributed by atoms with Crippen LogP contribution in [-0.4, -0.2) is 20.7 Å². The van der Waals surface area contributed by atoms with E-state index in [0.717, 1.165) is 28.0 Å². The fourth-order valence-corrected chi connectivity index (χ4v) is 3.84. The molecule has 5 N–H and O–H groups in total. The standard InChI is InChI=1S/C12H14N6O2.C11H22/c13-9-6-17-18(12(20)11(9)14)7-10(19)16-5-8-1-3-15-4-2-8;1-8-6-7-9(2)11(4,5)10(8)3/h1-4,6H,5,7,13-14H2,(H,16,19);8-10H,6-7H2,1-5H3/t;8?,9-,10+/m.0/s1. The topological polar surface area (TPSA) is 129 Å². The van der Waals surface area contributed by atoms with Gasteiger partial charge in [0, 0.05) is 18.9 Å². The van der Waals surface area contributed by atoms with Gasteiger partial charge in [0.2, 0.25) is 5.91 Å². The van der Waals surface area contributed by atoms with Crippen molar-refractivity contribution in [1.29, 1.82) is 0 Å². The van der Waals surface area contributed by atoms with E-state index in [4.69, 9.17) is 11.5 Å². The number of aromatic nitrogens is 3. The summed E-state index contributed by atoms with van der Waals surface area (Å²) >= 11 is 0. The number of nitrogens with zero attached hydrogens (tertiary/aromatic N) is 3. The minimum atomic E-state index is -0.580. The van der Waals surface area contributed by atoms with Crippen molar-refractivity contribution in [3.05, 3.63) is 46.6 Å². The molecule has 31 heavy (non-hydrogen) atoms. The number of nitrogen functional groups attached to an aromatic ring is 2. The molecule has 170 valence electrons. The monoisotopic (exact) mass is 428 g/mol. The van der Waals surface area contributed by atoms with E-state index < -0.39 is 5.56 Å². The molecule has 0 spiro atoms. The largest absolute Gasteiger partial charge is 0.396 e. The van der Waals surface area contributed by atoms with Gasteiger partial charge in [0.05, 0.1) is 11.9 Å². The minimum Gasteiger partial charge on any atom is -0.396 e. The van der Waals surface area contributed by atoms with Crippen LogP contribution in [0.4, 0.5) is 11.4 Å². The van der Waals surface area contributed by atoms with Crippen LogP contribution in [0.3, 0.4) is 0 Å². The molecular formula is C23H36N6O2. The molecule has 2 aromatic heterocycles. The second kappa shape index (κ2) is 10.4. The Balaban J connectivity index is 0.000000262. The molecule has 8 nitrogen and oxygen atoms in total. The van der Waals surface area contributed by atoms with E-state index in [-0.39, 0.29) is 23.8 Å². The zero-order valence-electron chi connectivity index (χ0n) is 19.3. The first-order valence-corrected chi connectivity index (χ1v) is 10.8. The summed E-state index contributed by atoms with van der Waals surface area (Å²) in [4.78, 5) is 27.3. The third kappa shape index (κ3) is 6.29. The van der Waals surface area contributed by atoms with Crippen LogP contribution in [0.25, 0.3) is 0 Å². The average Bonchev–Trinajstić information content (AvgIpc) is 2.75. The zero-order chi connectivity index (χ0) is 23.2. The molecule has 0 saturated heterocycles. The van der Waals surface area contributed by atoms with Gasteiger partial charge >= 0.3 is 0 Å². The van der Waals surface area contributed by atoms with Gasteiger partial charge in [0.25, 0.3) is 5.56 Å². The van der Waals surface area contributed by atoms with E-state index in [1.54, 1.807) is 24.5 Å². The van der Waals surface area contributed by atoms with Crippen molar-refractivity contribution in [2.45, 2.75) is 60.5 Å². The van der Waals surface area contributed by atoms with Crippen molar-refractivity contribution in [2.75, 3.05) is 11.5 Å². The molecule has 8 heteroatoms. The average molecular weight is 429 g/mol. The van der Waals surface area contributed by atoms with Crippen molar-refractivity contribution in [1.82, 2.24) is 20.1 Å². The number of rotatable bonds is 4. The van der Waals surface area contributed by atoms with E-state index >= 15 is 0 Å². The molecule has 1 fully saturated rings. The minimum absolute atomic E-state index is 0.100. The number of hydrogen-bond donors (Lipinski definition) is 3. The summed E-state index contributed by atoms with van der Waals surface area (Å²) < 4.78 is 0.966. The lowest BCUT2D eigenvalue weighted by Crippen LogP contribution is -2.37. The van der Waals surface area contributed by atoms with Gasteiger partial charge in [0.1, 0.15) is 12.2 Å². The first-order valence-electron chi connectivity index (χ1n) is 10.8. The number of hydrogen-bond acceptors (Lipinski definition) is 6. The van der Waals surface area contributed by atoms with Gasteiger partial charge in [-0.25, -0.2) is 4.68 Å². The van der Waals surface area contributed by atoms with Crippen LogP contribution in [0.2, 0.25) is 0 Å². The fourth-order valence-electron chi connectivity index (χ4n) is 3.84. The van der Waals surface area contributed by atoms with Crippen LogP contribution < -0.4 is 22.3 Å². The highest BCUT2D eigenvalue weighted by Crippen LogP contribution is 2.47. The summed E-state index contributed by atoms with van der Waals surface area (Å²) in [5.41, 5.74) is 11.8. The first-order chi connectivity index (χ1) is 14.5. The summed E-state index contributed by atoms with van der Waals surface area (Å²) in [6.45, 7) is 12.2. The number of carbonyl (C=O) groups excluding carboxylic acids is 1. The normalized spacial score (nSPS) is 22.2. The highest BCUT2D eigenvalue weighted by atomic mass is 16.2. The molecular weight excluding hydrogens is 392 g/mol. The molecule has 0 aliphatic heterocycles. The van der Waals surface area contributed by atoms with Crippen LogP contribution in [-0.2, 0) is 17.9 Å². The number of carbonyl (C=O) groups is 1. The number of nitrogens with one attached hydrogen (secondary N) is 1.